The van der Waals surface area contributed by atoms with Gasteiger partial charge in [0.2, 0.25) is 17.7 Å². The number of likely N-dealkylation sites (tertiary alicyclic amines) is 1. The molecule has 2 rings (SSSR count). The van der Waals surface area contributed by atoms with Crippen molar-refractivity contribution in [1.82, 2.24) is 15.5 Å². The number of anilines is 1. The van der Waals surface area contributed by atoms with E-state index in [9.17, 15) is 19.2 Å². The van der Waals surface area contributed by atoms with Crippen molar-refractivity contribution in [3.63, 3.8) is 0 Å². The third-order valence-electron chi connectivity index (χ3n) is 5.10. The van der Waals surface area contributed by atoms with Crippen LogP contribution in [0.4, 0.5) is 10.5 Å². The first-order chi connectivity index (χ1) is 15.4. The molecule has 0 aliphatic carbocycles. The summed E-state index contributed by atoms with van der Waals surface area (Å²) < 4.78 is 4.99. The molecule has 1 saturated heterocycles. The minimum absolute atomic E-state index is 0.0463. The Hall–Kier alpha value is -3.36. The highest BCUT2D eigenvalue weighted by Gasteiger charge is 2.24. The third-order valence-corrected chi connectivity index (χ3v) is 5.10. The van der Waals surface area contributed by atoms with Crippen molar-refractivity contribution >= 4 is 29.5 Å². The molecule has 0 saturated carbocycles. The van der Waals surface area contributed by atoms with E-state index in [-0.39, 0.29) is 36.3 Å². The number of para-hydroxylation sites is 1. The number of nitrogens with zero attached hydrogens (tertiary/aromatic N) is 1. The lowest BCUT2D eigenvalue weighted by Crippen LogP contribution is -2.46. The number of ether oxygens (including phenoxy) is 1. The van der Waals surface area contributed by atoms with Crippen LogP contribution < -0.4 is 16.0 Å². The standard InChI is InChI=1S/C23H32N4O5/c1-3-20(28)26-19-9-6-5-8-17(19)16-22(30)24-13-7-10-21(29)25-18-11-14-27(15-12-18)23(31)32-4-2/h3,5-6,8-9,18H,1,4,7,10-16H2,2H3,(H,24,30)(H,25,29)(H,26,28). The number of rotatable bonds is 10. The molecule has 1 aromatic rings. The van der Waals surface area contributed by atoms with E-state index in [0.717, 1.165) is 0 Å². The molecule has 0 spiro atoms. The maximum Gasteiger partial charge on any atom is 0.409 e. The summed E-state index contributed by atoms with van der Waals surface area (Å²) in [7, 11) is 0. The van der Waals surface area contributed by atoms with Crippen molar-refractivity contribution in [3.05, 3.63) is 42.5 Å². The molecule has 9 heteroatoms. The lowest BCUT2D eigenvalue weighted by atomic mass is 10.1. The second-order valence-corrected chi connectivity index (χ2v) is 7.51. The molecule has 0 aromatic heterocycles. The lowest BCUT2D eigenvalue weighted by Gasteiger charge is -2.31. The molecule has 1 heterocycles. The predicted molar refractivity (Wildman–Crippen MR) is 121 cm³/mol. The van der Waals surface area contributed by atoms with E-state index in [4.69, 9.17) is 4.74 Å². The van der Waals surface area contributed by atoms with E-state index < -0.39 is 0 Å². The van der Waals surface area contributed by atoms with Gasteiger partial charge in [0, 0.05) is 37.8 Å². The minimum atomic E-state index is -0.338. The Morgan fingerprint density at radius 2 is 1.88 bits per heavy atom. The van der Waals surface area contributed by atoms with Crippen LogP contribution in [0.1, 0.15) is 38.2 Å². The van der Waals surface area contributed by atoms with Crippen LogP contribution in [0.15, 0.2) is 36.9 Å². The van der Waals surface area contributed by atoms with Gasteiger partial charge in [-0.1, -0.05) is 24.8 Å². The minimum Gasteiger partial charge on any atom is -0.450 e. The summed E-state index contributed by atoms with van der Waals surface area (Å²) in [6.45, 7) is 7.06. The highest BCUT2D eigenvalue weighted by molar-refractivity contribution is 5.99. The second kappa shape index (κ2) is 13.1. The van der Waals surface area contributed by atoms with E-state index in [1.807, 2.05) is 0 Å². The second-order valence-electron chi connectivity index (χ2n) is 7.51. The monoisotopic (exact) mass is 444 g/mol. The molecule has 4 amide bonds. The Labute approximate surface area is 188 Å². The molecule has 1 aliphatic heterocycles. The van der Waals surface area contributed by atoms with Crippen molar-refractivity contribution in [2.75, 3.05) is 31.6 Å². The first-order valence-corrected chi connectivity index (χ1v) is 10.9. The van der Waals surface area contributed by atoms with Gasteiger partial charge in [0.1, 0.15) is 0 Å². The molecular weight excluding hydrogens is 412 g/mol. The fourth-order valence-corrected chi connectivity index (χ4v) is 3.41. The maximum atomic E-state index is 12.2. The van der Waals surface area contributed by atoms with Gasteiger partial charge in [-0.2, -0.15) is 0 Å². The van der Waals surface area contributed by atoms with Crippen molar-refractivity contribution in [2.24, 2.45) is 0 Å². The smallest absolute Gasteiger partial charge is 0.409 e. The predicted octanol–water partition coefficient (Wildman–Crippen LogP) is 1.99. The number of amides is 4. The van der Waals surface area contributed by atoms with Crippen LogP contribution in [-0.4, -0.2) is 61.0 Å². The van der Waals surface area contributed by atoms with Crippen LogP contribution in [0.25, 0.3) is 0 Å². The zero-order valence-electron chi connectivity index (χ0n) is 18.5. The Morgan fingerprint density at radius 3 is 2.56 bits per heavy atom. The summed E-state index contributed by atoms with van der Waals surface area (Å²) in [6, 6.07) is 7.13. The highest BCUT2D eigenvalue weighted by Crippen LogP contribution is 2.16. The summed E-state index contributed by atoms with van der Waals surface area (Å²) >= 11 is 0. The summed E-state index contributed by atoms with van der Waals surface area (Å²) in [5.74, 6) is -0.584. The number of nitrogens with one attached hydrogen (secondary N) is 3. The number of carbonyl (C=O) groups excluding carboxylic acids is 4. The molecule has 32 heavy (non-hydrogen) atoms. The summed E-state index contributed by atoms with van der Waals surface area (Å²) in [6.07, 6.45) is 3.22. The fourth-order valence-electron chi connectivity index (χ4n) is 3.41. The normalized spacial score (nSPS) is 13.7. The number of carbonyl (C=O) groups is 4. The maximum absolute atomic E-state index is 12.2. The van der Waals surface area contributed by atoms with Gasteiger partial charge in [-0.3, -0.25) is 14.4 Å². The molecule has 174 valence electrons. The van der Waals surface area contributed by atoms with Gasteiger partial charge in [-0.05, 0) is 43.9 Å². The zero-order valence-corrected chi connectivity index (χ0v) is 18.5. The molecule has 1 aliphatic rings. The van der Waals surface area contributed by atoms with Crippen LogP contribution in [0, 0.1) is 0 Å². The van der Waals surface area contributed by atoms with E-state index in [2.05, 4.69) is 22.5 Å². The Kier molecular flexibility index (Phi) is 10.2. The number of piperidine rings is 1. The van der Waals surface area contributed by atoms with Crippen molar-refractivity contribution < 1.29 is 23.9 Å². The molecule has 0 atom stereocenters. The van der Waals surface area contributed by atoms with Crippen molar-refractivity contribution in [1.29, 1.82) is 0 Å². The summed E-state index contributed by atoms with van der Waals surface area (Å²) in [5.41, 5.74) is 1.27. The van der Waals surface area contributed by atoms with Gasteiger partial charge in [0.25, 0.3) is 0 Å². The highest BCUT2D eigenvalue weighted by atomic mass is 16.6. The molecule has 9 nitrogen and oxygen atoms in total. The number of hydrogen-bond donors (Lipinski definition) is 3. The first-order valence-electron chi connectivity index (χ1n) is 10.9. The quantitative estimate of drug-likeness (QED) is 0.377. The van der Waals surface area contributed by atoms with Gasteiger partial charge in [-0.25, -0.2) is 4.79 Å². The van der Waals surface area contributed by atoms with Crippen molar-refractivity contribution in [3.8, 4) is 0 Å². The molecule has 0 unspecified atom stereocenters. The Bertz CT molecular complexity index is 818. The molecule has 1 aromatic carbocycles. The van der Waals surface area contributed by atoms with Gasteiger partial charge < -0.3 is 25.6 Å². The Balaban J connectivity index is 1.64. The van der Waals surface area contributed by atoms with Crippen LogP contribution in [0.3, 0.4) is 0 Å². The summed E-state index contributed by atoms with van der Waals surface area (Å²) in [4.78, 5) is 49.3. The van der Waals surface area contributed by atoms with Gasteiger partial charge in [0.05, 0.1) is 13.0 Å². The van der Waals surface area contributed by atoms with Gasteiger partial charge >= 0.3 is 6.09 Å². The summed E-state index contributed by atoms with van der Waals surface area (Å²) in [5, 5.41) is 8.48. The zero-order chi connectivity index (χ0) is 23.3. The largest absolute Gasteiger partial charge is 0.450 e. The van der Waals surface area contributed by atoms with E-state index in [1.54, 1.807) is 36.1 Å². The van der Waals surface area contributed by atoms with Crippen LogP contribution >= 0.6 is 0 Å². The van der Waals surface area contributed by atoms with E-state index in [1.165, 1.54) is 6.08 Å². The Morgan fingerprint density at radius 1 is 1.16 bits per heavy atom. The average Bonchev–Trinajstić information content (AvgIpc) is 2.78. The molecular formula is C23H32N4O5. The van der Waals surface area contributed by atoms with Crippen LogP contribution in [0.2, 0.25) is 0 Å². The van der Waals surface area contributed by atoms with Crippen molar-refractivity contribution in [2.45, 2.75) is 45.1 Å². The van der Waals surface area contributed by atoms with Crippen LogP contribution in [-0.2, 0) is 25.5 Å². The van der Waals surface area contributed by atoms with E-state index >= 15 is 0 Å². The topological polar surface area (TPSA) is 117 Å². The molecule has 3 N–H and O–H groups in total. The molecule has 0 radical (unpaired) electrons. The average molecular weight is 445 g/mol. The fraction of sp³-hybridized carbons (Fsp3) is 0.478. The lowest BCUT2D eigenvalue weighted by molar-refractivity contribution is -0.123. The first kappa shape index (κ1) is 24.9. The number of benzene rings is 1. The van der Waals surface area contributed by atoms with Gasteiger partial charge in [0.15, 0.2) is 0 Å². The third kappa shape index (κ3) is 8.41. The molecule has 0 bridgehead atoms. The van der Waals surface area contributed by atoms with Gasteiger partial charge in [-0.15, -0.1) is 0 Å². The molecule has 1 fully saturated rings. The SMILES string of the molecule is C=CC(=O)Nc1ccccc1CC(=O)NCCCC(=O)NC1CCN(C(=O)OCC)CC1. The van der Waals surface area contributed by atoms with Crippen LogP contribution in [0.5, 0.6) is 0 Å². The van der Waals surface area contributed by atoms with E-state index in [0.29, 0.717) is 63.2 Å². The number of hydrogen-bond acceptors (Lipinski definition) is 5.